The van der Waals surface area contributed by atoms with Crippen molar-refractivity contribution in [1.82, 2.24) is 0 Å². The second-order valence-electron chi connectivity index (χ2n) is 4.92. The molecule has 0 N–H and O–H groups in total. The van der Waals surface area contributed by atoms with Crippen LogP contribution in [0.25, 0.3) is 0 Å². The fourth-order valence-electron chi connectivity index (χ4n) is 1.84. The Kier molecular flexibility index (Phi) is 7.11. The molecule has 0 saturated carbocycles. The molecule has 86 valence electrons. The van der Waals surface area contributed by atoms with E-state index in [0.29, 0.717) is 5.41 Å². The molecule has 0 aliphatic rings. The largest absolute Gasteiger partial charge is 0.0991 e. The monoisotopic (exact) mass is 206 g/mol. The summed E-state index contributed by atoms with van der Waals surface area (Å²) in [5.74, 6) is 0. The van der Waals surface area contributed by atoms with E-state index in [0.717, 1.165) is 6.42 Å². The Bertz CT molecular complexity index is 228. The predicted molar refractivity (Wildman–Crippen MR) is 71.0 cm³/mol. The van der Waals surface area contributed by atoms with E-state index in [-0.39, 0.29) is 0 Å². The highest BCUT2D eigenvalue weighted by atomic mass is 14.2. The van der Waals surface area contributed by atoms with Crippen molar-refractivity contribution < 1.29 is 0 Å². The highest BCUT2D eigenvalue weighted by molar-refractivity contribution is 5.23. The quantitative estimate of drug-likeness (QED) is 0.497. The van der Waals surface area contributed by atoms with Gasteiger partial charge in [0.05, 0.1) is 0 Å². The van der Waals surface area contributed by atoms with Crippen LogP contribution in [0.5, 0.6) is 0 Å². The standard InChI is InChI=1S/C15H26/c1-6-9-12-15(4,5)13-14(10-7-2)11-8-3/h7-8,10-11H,2,6,9,12-13H2,1,3-5H3/b11-8-,14-10+. The average Bonchev–Trinajstić information content (AvgIpc) is 2.15. The molecule has 0 aliphatic carbocycles. The molecule has 0 atom stereocenters. The number of unbranched alkanes of at least 4 members (excludes halogenated alkanes) is 1. The molecular weight excluding hydrogens is 180 g/mol. The van der Waals surface area contributed by atoms with Crippen LogP contribution in [0.4, 0.5) is 0 Å². The lowest BCUT2D eigenvalue weighted by atomic mass is 9.81. The predicted octanol–water partition coefficient (Wildman–Crippen LogP) is 5.28. The lowest BCUT2D eigenvalue weighted by Gasteiger charge is -2.25. The van der Waals surface area contributed by atoms with Gasteiger partial charge >= 0.3 is 0 Å². The summed E-state index contributed by atoms with van der Waals surface area (Å²) in [4.78, 5) is 0. The molecule has 0 amide bonds. The molecule has 0 saturated heterocycles. The van der Waals surface area contributed by atoms with Gasteiger partial charge in [-0.3, -0.25) is 0 Å². The van der Waals surface area contributed by atoms with Gasteiger partial charge in [0.2, 0.25) is 0 Å². The first-order valence-corrected chi connectivity index (χ1v) is 6.00. The molecule has 0 fully saturated rings. The molecule has 0 spiro atoms. The number of allylic oxidation sites excluding steroid dienone is 5. The van der Waals surface area contributed by atoms with Gasteiger partial charge in [0, 0.05) is 0 Å². The molecule has 0 aromatic carbocycles. The summed E-state index contributed by atoms with van der Waals surface area (Å²) in [6.07, 6.45) is 13.3. The summed E-state index contributed by atoms with van der Waals surface area (Å²) in [5.41, 5.74) is 1.79. The van der Waals surface area contributed by atoms with E-state index in [1.54, 1.807) is 0 Å². The maximum Gasteiger partial charge on any atom is -0.0227 e. The molecule has 0 unspecified atom stereocenters. The lowest BCUT2D eigenvalue weighted by Crippen LogP contribution is -2.11. The minimum absolute atomic E-state index is 0.407. The molecule has 0 bridgehead atoms. The SMILES string of the molecule is C=C/C=C(\C=C/C)CC(C)(C)CCCC. The van der Waals surface area contributed by atoms with Crippen LogP contribution in [-0.2, 0) is 0 Å². The third kappa shape index (κ3) is 7.18. The van der Waals surface area contributed by atoms with Crippen LogP contribution >= 0.6 is 0 Å². The zero-order chi connectivity index (χ0) is 11.7. The molecule has 15 heavy (non-hydrogen) atoms. The van der Waals surface area contributed by atoms with Gasteiger partial charge in [0.15, 0.2) is 0 Å². The summed E-state index contributed by atoms with van der Waals surface area (Å²) in [7, 11) is 0. The van der Waals surface area contributed by atoms with Crippen molar-refractivity contribution in [3.05, 3.63) is 36.5 Å². The number of hydrogen-bond acceptors (Lipinski definition) is 0. The normalized spacial score (nSPS) is 13.5. The molecule has 0 nitrogen and oxygen atoms in total. The van der Waals surface area contributed by atoms with E-state index in [1.807, 2.05) is 6.08 Å². The molecule has 0 heteroatoms. The van der Waals surface area contributed by atoms with Gasteiger partial charge in [0.25, 0.3) is 0 Å². The number of hydrogen-bond donors (Lipinski definition) is 0. The van der Waals surface area contributed by atoms with Crippen molar-refractivity contribution in [2.45, 2.75) is 53.4 Å². The van der Waals surface area contributed by atoms with Crippen molar-refractivity contribution in [1.29, 1.82) is 0 Å². The van der Waals surface area contributed by atoms with Gasteiger partial charge in [-0.1, -0.05) is 64.5 Å². The topological polar surface area (TPSA) is 0 Å². The minimum atomic E-state index is 0.407. The van der Waals surface area contributed by atoms with Crippen LogP contribution in [0.1, 0.15) is 53.4 Å². The third-order valence-electron chi connectivity index (χ3n) is 2.60. The second-order valence-corrected chi connectivity index (χ2v) is 4.92. The Morgan fingerprint density at radius 1 is 1.33 bits per heavy atom. The molecule has 0 aliphatic heterocycles. The van der Waals surface area contributed by atoms with Crippen molar-refractivity contribution in [3.8, 4) is 0 Å². The van der Waals surface area contributed by atoms with Crippen LogP contribution < -0.4 is 0 Å². The second kappa shape index (κ2) is 7.50. The van der Waals surface area contributed by atoms with E-state index in [4.69, 9.17) is 0 Å². The van der Waals surface area contributed by atoms with E-state index in [2.05, 4.69) is 52.5 Å². The highest BCUT2D eigenvalue weighted by Gasteiger charge is 2.17. The van der Waals surface area contributed by atoms with Gasteiger partial charge in [-0.05, 0) is 30.8 Å². The van der Waals surface area contributed by atoms with Crippen molar-refractivity contribution in [2.75, 3.05) is 0 Å². The fraction of sp³-hybridized carbons (Fsp3) is 0.600. The summed E-state index contributed by atoms with van der Waals surface area (Å²) in [6.45, 7) is 12.8. The lowest BCUT2D eigenvalue weighted by molar-refractivity contribution is 0.323. The maximum atomic E-state index is 3.76. The van der Waals surface area contributed by atoms with Crippen LogP contribution in [0, 0.1) is 5.41 Å². The third-order valence-corrected chi connectivity index (χ3v) is 2.60. The first-order valence-electron chi connectivity index (χ1n) is 6.00. The fourth-order valence-corrected chi connectivity index (χ4v) is 1.84. The average molecular weight is 206 g/mol. The first kappa shape index (κ1) is 14.2. The molecule has 0 rings (SSSR count). The van der Waals surface area contributed by atoms with Gasteiger partial charge in [-0.2, -0.15) is 0 Å². The van der Waals surface area contributed by atoms with Crippen molar-refractivity contribution in [2.24, 2.45) is 5.41 Å². The molecule has 0 aromatic rings. The Morgan fingerprint density at radius 3 is 2.47 bits per heavy atom. The van der Waals surface area contributed by atoms with Crippen LogP contribution in [0.2, 0.25) is 0 Å². The van der Waals surface area contributed by atoms with E-state index >= 15 is 0 Å². The van der Waals surface area contributed by atoms with E-state index < -0.39 is 0 Å². The molecule has 0 radical (unpaired) electrons. The maximum absolute atomic E-state index is 3.76. The summed E-state index contributed by atoms with van der Waals surface area (Å²) in [6, 6.07) is 0. The number of rotatable bonds is 7. The zero-order valence-corrected chi connectivity index (χ0v) is 10.8. The van der Waals surface area contributed by atoms with Crippen molar-refractivity contribution in [3.63, 3.8) is 0 Å². The van der Waals surface area contributed by atoms with Crippen LogP contribution in [0.3, 0.4) is 0 Å². The molecule has 0 aromatic heterocycles. The van der Waals surface area contributed by atoms with Crippen LogP contribution in [0.15, 0.2) is 36.5 Å². The summed E-state index contributed by atoms with van der Waals surface area (Å²) in [5, 5.41) is 0. The molecule has 0 heterocycles. The Balaban J connectivity index is 4.37. The Hall–Kier alpha value is -0.780. The summed E-state index contributed by atoms with van der Waals surface area (Å²) < 4.78 is 0. The Morgan fingerprint density at radius 2 is 2.00 bits per heavy atom. The minimum Gasteiger partial charge on any atom is -0.0991 e. The van der Waals surface area contributed by atoms with Gasteiger partial charge in [-0.25, -0.2) is 0 Å². The molecular formula is C15H26. The van der Waals surface area contributed by atoms with E-state index in [1.165, 1.54) is 24.8 Å². The van der Waals surface area contributed by atoms with Crippen LogP contribution in [-0.4, -0.2) is 0 Å². The van der Waals surface area contributed by atoms with Gasteiger partial charge < -0.3 is 0 Å². The summed E-state index contributed by atoms with van der Waals surface area (Å²) >= 11 is 0. The van der Waals surface area contributed by atoms with Gasteiger partial charge in [-0.15, -0.1) is 0 Å². The highest BCUT2D eigenvalue weighted by Crippen LogP contribution is 2.31. The van der Waals surface area contributed by atoms with Gasteiger partial charge in [0.1, 0.15) is 0 Å². The zero-order valence-electron chi connectivity index (χ0n) is 10.8. The first-order chi connectivity index (χ1) is 7.05. The van der Waals surface area contributed by atoms with Crippen molar-refractivity contribution >= 4 is 0 Å². The van der Waals surface area contributed by atoms with E-state index in [9.17, 15) is 0 Å². The smallest absolute Gasteiger partial charge is 0.0227 e. The Labute approximate surface area is 95.8 Å².